The Bertz CT molecular complexity index is 967. The summed E-state index contributed by atoms with van der Waals surface area (Å²) in [6.07, 6.45) is 0. The SMILES string of the molecule is COc1ccc(-c2nnc(SCC(=O)Nc3cc(C)cc(C)c3)o2)cc1OC. The van der Waals surface area contributed by atoms with Crippen molar-refractivity contribution in [3.8, 4) is 23.0 Å². The molecule has 0 saturated carbocycles. The highest BCUT2D eigenvalue weighted by Gasteiger charge is 2.14. The average molecular weight is 399 g/mol. The molecule has 8 heteroatoms. The Kier molecular flexibility index (Phi) is 6.20. The first-order valence-electron chi connectivity index (χ1n) is 8.55. The lowest BCUT2D eigenvalue weighted by Crippen LogP contribution is -2.14. The fraction of sp³-hybridized carbons (Fsp3) is 0.250. The second-order valence-corrected chi connectivity index (χ2v) is 7.08. The molecule has 1 amide bonds. The highest BCUT2D eigenvalue weighted by atomic mass is 32.2. The maximum atomic E-state index is 12.2. The number of methoxy groups -OCH3 is 2. The lowest BCUT2D eigenvalue weighted by atomic mass is 10.1. The van der Waals surface area contributed by atoms with E-state index in [9.17, 15) is 4.79 Å². The number of amides is 1. The van der Waals surface area contributed by atoms with Crippen LogP contribution in [0.2, 0.25) is 0 Å². The third-order valence-electron chi connectivity index (χ3n) is 3.87. The Morgan fingerprint density at radius 3 is 2.43 bits per heavy atom. The number of anilines is 1. The topological polar surface area (TPSA) is 86.5 Å². The lowest BCUT2D eigenvalue weighted by Gasteiger charge is -2.07. The number of aryl methyl sites for hydroxylation is 2. The van der Waals surface area contributed by atoms with Crippen LogP contribution < -0.4 is 14.8 Å². The van der Waals surface area contributed by atoms with E-state index in [0.29, 0.717) is 28.2 Å². The second-order valence-electron chi connectivity index (χ2n) is 6.16. The van der Waals surface area contributed by atoms with Crippen LogP contribution in [0, 0.1) is 13.8 Å². The smallest absolute Gasteiger partial charge is 0.277 e. The van der Waals surface area contributed by atoms with Gasteiger partial charge >= 0.3 is 0 Å². The molecule has 1 heterocycles. The number of hydrogen-bond donors (Lipinski definition) is 1. The molecule has 7 nitrogen and oxygen atoms in total. The predicted molar refractivity (Wildman–Crippen MR) is 108 cm³/mol. The summed E-state index contributed by atoms with van der Waals surface area (Å²) in [5.74, 6) is 1.56. The molecular weight excluding hydrogens is 378 g/mol. The van der Waals surface area contributed by atoms with Crippen molar-refractivity contribution in [3.63, 3.8) is 0 Å². The van der Waals surface area contributed by atoms with Crippen LogP contribution >= 0.6 is 11.8 Å². The maximum absolute atomic E-state index is 12.2. The van der Waals surface area contributed by atoms with Crippen LogP contribution in [-0.4, -0.2) is 36.1 Å². The molecule has 0 atom stereocenters. The molecule has 3 aromatic rings. The second kappa shape index (κ2) is 8.79. The Labute approximate surface area is 167 Å². The summed E-state index contributed by atoms with van der Waals surface area (Å²) in [7, 11) is 3.13. The quantitative estimate of drug-likeness (QED) is 0.599. The molecule has 3 rings (SSSR count). The van der Waals surface area contributed by atoms with Crippen molar-refractivity contribution >= 4 is 23.4 Å². The van der Waals surface area contributed by atoms with Gasteiger partial charge in [0, 0.05) is 11.3 Å². The molecule has 0 bridgehead atoms. The van der Waals surface area contributed by atoms with Crippen molar-refractivity contribution in [2.45, 2.75) is 19.1 Å². The summed E-state index contributed by atoms with van der Waals surface area (Å²) in [5, 5.41) is 11.2. The van der Waals surface area contributed by atoms with Crippen LogP contribution in [0.25, 0.3) is 11.5 Å². The molecule has 0 aliphatic heterocycles. The molecule has 1 aromatic heterocycles. The van der Waals surface area contributed by atoms with Crippen LogP contribution in [0.3, 0.4) is 0 Å². The summed E-state index contributed by atoms with van der Waals surface area (Å²) < 4.78 is 16.2. The van der Waals surface area contributed by atoms with Crippen molar-refractivity contribution in [1.82, 2.24) is 10.2 Å². The fourth-order valence-corrected chi connectivity index (χ4v) is 3.29. The Balaban J connectivity index is 1.62. The van der Waals surface area contributed by atoms with E-state index in [4.69, 9.17) is 13.9 Å². The molecule has 1 N–H and O–H groups in total. The minimum atomic E-state index is -0.138. The fourth-order valence-electron chi connectivity index (χ4n) is 2.73. The molecule has 0 unspecified atom stereocenters. The van der Waals surface area contributed by atoms with E-state index in [2.05, 4.69) is 21.6 Å². The van der Waals surface area contributed by atoms with Crippen molar-refractivity contribution in [1.29, 1.82) is 0 Å². The van der Waals surface area contributed by atoms with Gasteiger partial charge in [-0.15, -0.1) is 10.2 Å². The number of nitrogens with zero attached hydrogens (tertiary/aromatic N) is 2. The van der Waals surface area contributed by atoms with E-state index >= 15 is 0 Å². The molecule has 2 aromatic carbocycles. The maximum Gasteiger partial charge on any atom is 0.277 e. The van der Waals surface area contributed by atoms with E-state index in [0.717, 1.165) is 16.8 Å². The molecule has 146 valence electrons. The van der Waals surface area contributed by atoms with Crippen LogP contribution in [0.5, 0.6) is 11.5 Å². The van der Waals surface area contributed by atoms with Gasteiger partial charge in [-0.3, -0.25) is 4.79 Å². The molecule has 28 heavy (non-hydrogen) atoms. The van der Waals surface area contributed by atoms with Crippen molar-refractivity contribution < 1.29 is 18.7 Å². The number of ether oxygens (including phenoxy) is 2. The monoisotopic (exact) mass is 399 g/mol. The van der Waals surface area contributed by atoms with Gasteiger partial charge in [-0.1, -0.05) is 17.8 Å². The zero-order chi connectivity index (χ0) is 20.1. The third kappa shape index (κ3) is 4.83. The number of hydrogen-bond acceptors (Lipinski definition) is 7. The Hall–Kier alpha value is -3.00. The molecule has 0 fully saturated rings. The normalized spacial score (nSPS) is 10.6. The molecule has 0 aliphatic rings. The standard InChI is InChI=1S/C20H21N3O4S/c1-12-7-13(2)9-15(8-12)21-18(24)11-28-20-23-22-19(27-20)14-5-6-16(25-3)17(10-14)26-4/h5-10H,11H2,1-4H3,(H,21,24). The van der Waals surface area contributed by atoms with Gasteiger partial charge in [0.2, 0.25) is 11.8 Å². The number of aromatic nitrogens is 2. The van der Waals surface area contributed by atoms with Gasteiger partial charge in [0.05, 0.1) is 20.0 Å². The van der Waals surface area contributed by atoms with E-state index in [1.165, 1.54) is 11.8 Å². The van der Waals surface area contributed by atoms with Gasteiger partial charge in [0.1, 0.15) is 0 Å². The van der Waals surface area contributed by atoms with Crippen molar-refractivity contribution in [2.75, 3.05) is 25.3 Å². The Morgan fingerprint density at radius 1 is 1.04 bits per heavy atom. The first kappa shape index (κ1) is 19.8. The van der Waals surface area contributed by atoms with Crippen molar-refractivity contribution in [2.24, 2.45) is 0 Å². The number of thioether (sulfide) groups is 1. The number of nitrogens with one attached hydrogen (secondary N) is 1. The summed E-state index contributed by atoms with van der Waals surface area (Å²) in [6.45, 7) is 3.98. The van der Waals surface area contributed by atoms with E-state index in [1.807, 2.05) is 26.0 Å². The van der Waals surface area contributed by atoms with Crippen LogP contribution in [0.1, 0.15) is 11.1 Å². The van der Waals surface area contributed by atoms with Gasteiger partial charge in [-0.05, 0) is 55.3 Å². The van der Waals surface area contributed by atoms with Crippen LogP contribution in [-0.2, 0) is 4.79 Å². The summed E-state index contributed by atoms with van der Waals surface area (Å²) in [5.41, 5.74) is 3.68. The largest absolute Gasteiger partial charge is 0.493 e. The van der Waals surface area contributed by atoms with Crippen molar-refractivity contribution in [3.05, 3.63) is 47.5 Å². The molecule has 0 radical (unpaired) electrons. The van der Waals surface area contributed by atoms with E-state index < -0.39 is 0 Å². The predicted octanol–water partition coefficient (Wildman–Crippen LogP) is 4.10. The minimum absolute atomic E-state index is 0.138. The zero-order valence-electron chi connectivity index (χ0n) is 16.1. The van der Waals surface area contributed by atoms with Crippen LogP contribution in [0.4, 0.5) is 5.69 Å². The highest BCUT2D eigenvalue weighted by Crippen LogP contribution is 2.32. The molecule has 0 saturated heterocycles. The van der Waals surface area contributed by atoms with Gasteiger partial charge in [-0.25, -0.2) is 0 Å². The third-order valence-corrected chi connectivity index (χ3v) is 4.69. The summed E-state index contributed by atoms with van der Waals surface area (Å²) in [6, 6.07) is 11.2. The number of rotatable bonds is 7. The van der Waals surface area contributed by atoms with Crippen LogP contribution in [0.15, 0.2) is 46.0 Å². The van der Waals surface area contributed by atoms with E-state index in [1.54, 1.807) is 32.4 Å². The minimum Gasteiger partial charge on any atom is -0.493 e. The van der Waals surface area contributed by atoms with Gasteiger partial charge in [0.15, 0.2) is 11.5 Å². The van der Waals surface area contributed by atoms with E-state index in [-0.39, 0.29) is 11.7 Å². The zero-order valence-corrected chi connectivity index (χ0v) is 16.9. The highest BCUT2D eigenvalue weighted by molar-refractivity contribution is 7.99. The Morgan fingerprint density at radius 2 is 1.75 bits per heavy atom. The average Bonchev–Trinajstić information content (AvgIpc) is 3.14. The molecule has 0 spiro atoms. The number of carbonyl (C=O) groups excluding carboxylic acids is 1. The van der Waals surface area contributed by atoms with Gasteiger partial charge < -0.3 is 19.2 Å². The number of benzene rings is 2. The van der Waals surface area contributed by atoms with Gasteiger partial charge in [-0.2, -0.15) is 0 Å². The number of carbonyl (C=O) groups is 1. The summed E-state index contributed by atoms with van der Waals surface area (Å²) in [4.78, 5) is 12.2. The van der Waals surface area contributed by atoms with Gasteiger partial charge in [0.25, 0.3) is 5.22 Å². The summed E-state index contributed by atoms with van der Waals surface area (Å²) >= 11 is 1.18. The molecule has 0 aliphatic carbocycles. The lowest BCUT2D eigenvalue weighted by molar-refractivity contribution is -0.113. The first-order chi connectivity index (χ1) is 13.5. The first-order valence-corrected chi connectivity index (χ1v) is 9.54. The molecular formula is C20H21N3O4S.